The second kappa shape index (κ2) is 7.20. The van der Waals surface area contributed by atoms with E-state index in [0.717, 1.165) is 5.92 Å². The predicted octanol–water partition coefficient (Wildman–Crippen LogP) is 1.55. The Kier molecular flexibility index (Phi) is 6.22. The Labute approximate surface area is 93.2 Å². The van der Waals surface area contributed by atoms with E-state index in [1.165, 1.54) is 32.1 Å². The van der Waals surface area contributed by atoms with Crippen molar-refractivity contribution in [2.75, 3.05) is 20.3 Å². The van der Waals surface area contributed by atoms with Crippen molar-refractivity contribution in [1.82, 2.24) is 5.32 Å². The van der Waals surface area contributed by atoms with Crippen molar-refractivity contribution in [3.8, 4) is 0 Å². The summed E-state index contributed by atoms with van der Waals surface area (Å²) in [5.41, 5.74) is 0. The second-order valence-corrected chi connectivity index (χ2v) is 4.64. The van der Waals surface area contributed by atoms with Crippen molar-refractivity contribution in [3.63, 3.8) is 0 Å². The first-order valence-electron chi connectivity index (χ1n) is 6.16. The highest BCUT2D eigenvalue weighted by atomic mass is 16.5. The van der Waals surface area contributed by atoms with Gasteiger partial charge in [-0.1, -0.05) is 26.2 Å². The standard InChI is InChI=1S/C12H25NO2/c1-3-10-5-4-6-11(7-10)13-12(8-14)9-15-2/h10-14H,3-9H2,1-2H3. The lowest BCUT2D eigenvalue weighted by molar-refractivity contribution is 0.114. The molecule has 3 unspecified atom stereocenters. The number of hydrogen-bond acceptors (Lipinski definition) is 3. The summed E-state index contributed by atoms with van der Waals surface area (Å²) < 4.78 is 5.07. The molecule has 1 fully saturated rings. The van der Waals surface area contributed by atoms with Crippen LogP contribution >= 0.6 is 0 Å². The van der Waals surface area contributed by atoms with Gasteiger partial charge in [0.05, 0.1) is 19.3 Å². The number of hydrogen-bond donors (Lipinski definition) is 2. The Morgan fingerprint density at radius 2 is 2.27 bits per heavy atom. The largest absolute Gasteiger partial charge is 0.395 e. The van der Waals surface area contributed by atoms with Crippen molar-refractivity contribution >= 4 is 0 Å². The number of methoxy groups -OCH3 is 1. The molecule has 1 saturated carbocycles. The maximum atomic E-state index is 9.17. The zero-order valence-corrected chi connectivity index (χ0v) is 10.0. The molecule has 0 aliphatic heterocycles. The van der Waals surface area contributed by atoms with Crippen LogP contribution < -0.4 is 5.32 Å². The molecule has 15 heavy (non-hydrogen) atoms. The molecule has 3 heteroatoms. The molecule has 2 N–H and O–H groups in total. The first-order valence-corrected chi connectivity index (χ1v) is 6.16. The molecule has 0 bridgehead atoms. The first kappa shape index (κ1) is 12.9. The average molecular weight is 215 g/mol. The van der Waals surface area contributed by atoms with Gasteiger partial charge in [-0.15, -0.1) is 0 Å². The topological polar surface area (TPSA) is 41.5 Å². The summed E-state index contributed by atoms with van der Waals surface area (Å²) in [4.78, 5) is 0. The molecule has 1 aliphatic rings. The third-order valence-corrected chi connectivity index (χ3v) is 3.42. The number of aliphatic hydroxyl groups is 1. The molecule has 90 valence electrons. The first-order chi connectivity index (χ1) is 7.30. The molecule has 0 heterocycles. The molecule has 3 atom stereocenters. The summed E-state index contributed by atoms with van der Waals surface area (Å²) in [5.74, 6) is 0.873. The molecular formula is C12H25NO2. The van der Waals surface area contributed by atoms with Gasteiger partial charge in [0.25, 0.3) is 0 Å². The molecule has 0 aromatic rings. The van der Waals surface area contributed by atoms with E-state index in [-0.39, 0.29) is 12.6 Å². The fourth-order valence-corrected chi connectivity index (χ4v) is 2.50. The number of aliphatic hydroxyl groups excluding tert-OH is 1. The van der Waals surface area contributed by atoms with Crippen LogP contribution in [0.5, 0.6) is 0 Å². The van der Waals surface area contributed by atoms with Gasteiger partial charge in [-0.05, 0) is 18.8 Å². The Balaban J connectivity index is 2.29. The minimum Gasteiger partial charge on any atom is -0.395 e. The van der Waals surface area contributed by atoms with Crippen molar-refractivity contribution in [2.45, 2.75) is 51.1 Å². The zero-order chi connectivity index (χ0) is 11.1. The highest BCUT2D eigenvalue weighted by Crippen LogP contribution is 2.26. The summed E-state index contributed by atoms with van der Waals surface area (Å²) in [5, 5.41) is 12.7. The Morgan fingerprint density at radius 1 is 1.47 bits per heavy atom. The van der Waals surface area contributed by atoms with E-state index in [1.54, 1.807) is 7.11 Å². The normalized spacial score (nSPS) is 29.0. The lowest BCUT2D eigenvalue weighted by Crippen LogP contribution is -2.45. The van der Waals surface area contributed by atoms with Gasteiger partial charge in [-0.25, -0.2) is 0 Å². The van der Waals surface area contributed by atoms with Crippen LogP contribution in [0.1, 0.15) is 39.0 Å². The van der Waals surface area contributed by atoms with Crippen LogP contribution in [0.25, 0.3) is 0 Å². The lowest BCUT2D eigenvalue weighted by atomic mass is 9.84. The average Bonchev–Trinajstić information content (AvgIpc) is 2.29. The Hall–Kier alpha value is -0.120. The summed E-state index contributed by atoms with van der Waals surface area (Å²) in [6.07, 6.45) is 6.49. The van der Waals surface area contributed by atoms with Crippen LogP contribution in [-0.2, 0) is 4.74 Å². The summed E-state index contributed by atoms with van der Waals surface area (Å²) in [7, 11) is 1.68. The molecule has 0 radical (unpaired) electrons. The highest BCUT2D eigenvalue weighted by molar-refractivity contribution is 4.80. The number of nitrogens with one attached hydrogen (secondary N) is 1. The maximum Gasteiger partial charge on any atom is 0.0638 e. The van der Waals surface area contributed by atoms with Gasteiger partial charge in [0.15, 0.2) is 0 Å². The zero-order valence-electron chi connectivity index (χ0n) is 10.0. The monoisotopic (exact) mass is 215 g/mol. The van der Waals surface area contributed by atoms with Crippen molar-refractivity contribution in [3.05, 3.63) is 0 Å². The fourth-order valence-electron chi connectivity index (χ4n) is 2.50. The molecular weight excluding hydrogens is 190 g/mol. The molecule has 3 nitrogen and oxygen atoms in total. The van der Waals surface area contributed by atoms with E-state index >= 15 is 0 Å². The highest BCUT2D eigenvalue weighted by Gasteiger charge is 2.22. The third kappa shape index (κ3) is 4.49. The minimum atomic E-state index is 0.107. The van der Waals surface area contributed by atoms with Crippen molar-refractivity contribution < 1.29 is 9.84 Å². The molecule has 0 aromatic carbocycles. The van der Waals surface area contributed by atoms with E-state index in [1.807, 2.05) is 0 Å². The smallest absolute Gasteiger partial charge is 0.0638 e. The van der Waals surface area contributed by atoms with Gasteiger partial charge in [0.1, 0.15) is 0 Å². The predicted molar refractivity (Wildman–Crippen MR) is 61.9 cm³/mol. The summed E-state index contributed by atoms with van der Waals surface area (Å²) in [6, 6.07) is 0.687. The molecule has 1 aliphatic carbocycles. The van der Waals surface area contributed by atoms with Gasteiger partial charge >= 0.3 is 0 Å². The van der Waals surface area contributed by atoms with E-state index < -0.39 is 0 Å². The van der Waals surface area contributed by atoms with E-state index in [2.05, 4.69) is 12.2 Å². The van der Waals surface area contributed by atoms with Crippen molar-refractivity contribution in [2.24, 2.45) is 5.92 Å². The van der Waals surface area contributed by atoms with Crippen LogP contribution in [0.3, 0.4) is 0 Å². The van der Waals surface area contributed by atoms with Gasteiger partial charge in [-0.2, -0.15) is 0 Å². The van der Waals surface area contributed by atoms with Crippen molar-refractivity contribution in [1.29, 1.82) is 0 Å². The van der Waals surface area contributed by atoms with E-state index in [0.29, 0.717) is 12.6 Å². The van der Waals surface area contributed by atoms with Gasteiger partial charge in [-0.3, -0.25) is 0 Å². The Bertz CT molecular complexity index is 164. The van der Waals surface area contributed by atoms with Crippen LogP contribution in [0, 0.1) is 5.92 Å². The third-order valence-electron chi connectivity index (χ3n) is 3.42. The molecule has 1 rings (SSSR count). The summed E-state index contributed by atoms with van der Waals surface area (Å²) in [6.45, 7) is 3.04. The quantitative estimate of drug-likeness (QED) is 0.706. The SMILES string of the molecule is CCC1CCCC(NC(CO)COC)C1. The van der Waals surface area contributed by atoms with Gasteiger partial charge in [0, 0.05) is 13.2 Å². The van der Waals surface area contributed by atoms with E-state index in [9.17, 15) is 0 Å². The molecule has 0 amide bonds. The lowest BCUT2D eigenvalue weighted by Gasteiger charge is -2.31. The Morgan fingerprint density at radius 3 is 2.87 bits per heavy atom. The number of ether oxygens (including phenoxy) is 1. The van der Waals surface area contributed by atoms with Crippen LogP contribution in [0.2, 0.25) is 0 Å². The molecule has 0 saturated heterocycles. The van der Waals surface area contributed by atoms with Gasteiger partial charge in [0.2, 0.25) is 0 Å². The second-order valence-electron chi connectivity index (χ2n) is 4.64. The van der Waals surface area contributed by atoms with E-state index in [4.69, 9.17) is 9.84 Å². The van der Waals surface area contributed by atoms with Gasteiger partial charge < -0.3 is 15.2 Å². The maximum absolute atomic E-state index is 9.17. The van der Waals surface area contributed by atoms with Crippen LogP contribution in [0.4, 0.5) is 0 Å². The summed E-state index contributed by atoms with van der Waals surface area (Å²) >= 11 is 0. The number of rotatable bonds is 6. The molecule has 0 spiro atoms. The van der Waals surface area contributed by atoms with Crippen LogP contribution in [-0.4, -0.2) is 37.5 Å². The fraction of sp³-hybridized carbons (Fsp3) is 1.00. The molecule has 0 aromatic heterocycles. The minimum absolute atomic E-state index is 0.107. The van der Waals surface area contributed by atoms with Crippen LogP contribution in [0.15, 0.2) is 0 Å².